The van der Waals surface area contributed by atoms with E-state index in [1.54, 1.807) is 0 Å². The number of carboxylic acid groups (broad SMARTS) is 1. The number of benzene rings is 1. The van der Waals surface area contributed by atoms with Crippen molar-refractivity contribution in [2.24, 2.45) is 17.4 Å². The van der Waals surface area contributed by atoms with Crippen LogP contribution >= 0.6 is 0 Å². The number of nitrogens with two attached hydrogens (primary N) is 2. The lowest BCUT2D eigenvalue weighted by Gasteiger charge is -2.28. The van der Waals surface area contributed by atoms with Crippen LogP contribution in [0.2, 0.25) is 0 Å². The molecule has 1 fully saturated rings. The molecule has 0 aliphatic carbocycles. The van der Waals surface area contributed by atoms with E-state index in [-0.39, 0.29) is 31.1 Å². The van der Waals surface area contributed by atoms with E-state index in [1.165, 1.54) is 4.90 Å². The summed E-state index contributed by atoms with van der Waals surface area (Å²) in [6, 6.07) is 5.32. The summed E-state index contributed by atoms with van der Waals surface area (Å²) in [7, 11) is 0. The fraction of sp³-hybridized carbons (Fsp3) is 0.560. The van der Waals surface area contributed by atoms with E-state index in [0.29, 0.717) is 25.8 Å². The van der Waals surface area contributed by atoms with E-state index in [0.717, 1.165) is 5.56 Å². The Kier molecular flexibility index (Phi) is 10.8. The van der Waals surface area contributed by atoms with Crippen molar-refractivity contribution >= 4 is 29.6 Å². The van der Waals surface area contributed by atoms with Crippen LogP contribution in [0.5, 0.6) is 0 Å². The van der Waals surface area contributed by atoms with Gasteiger partial charge in [-0.1, -0.05) is 44.2 Å². The highest BCUT2D eigenvalue weighted by Crippen LogP contribution is 2.20. The van der Waals surface area contributed by atoms with Crippen molar-refractivity contribution < 1.29 is 29.1 Å². The molecule has 11 nitrogen and oxygen atoms in total. The van der Waals surface area contributed by atoms with Crippen molar-refractivity contribution in [1.29, 1.82) is 0 Å². The van der Waals surface area contributed by atoms with E-state index in [4.69, 9.17) is 11.5 Å². The zero-order valence-electron chi connectivity index (χ0n) is 20.8. The highest BCUT2D eigenvalue weighted by atomic mass is 16.4. The summed E-state index contributed by atoms with van der Waals surface area (Å²) in [5.74, 6) is -3.51. The second kappa shape index (κ2) is 13.6. The molecule has 4 atom stereocenters. The predicted molar refractivity (Wildman–Crippen MR) is 132 cm³/mol. The average Bonchev–Trinajstić information content (AvgIpc) is 3.30. The lowest BCUT2D eigenvalue weighted by Crippen LogP contribution is -2.57. The fourth-order valence-electron chi connectivity index (χ4n) is 4.26. The van der Waals surface area contributed by atoms with E-state index < -0.39 is 47.9 Å². The molecule has 0 saturated carbocycles. The Hall–Kier alpha value is -3.47. The number of amides is 4. The van der Waals surface area contributed by atoms with Gasteiger partial charge in [-0.3, -0.25) is 19.2 Å². The minimum Gasteiger partial charge on any atom is -0.480 e. The lowest BCUT2D eigenvalue weighted by molar-refractivity contribution is -0.143. The van der Waals surface area contributed by atoms with Gasteiger partial charge in [0, 0.05) is 13.0 Å². The lowest BCUT2D eigenvalue weighted by atomic mass is 10.0. The first-order valence-corrected chi connectivity index (χ1v) is 12.2. The second-order valence-corrected chi connectivity index (χ2v) is 9.58. The van der Waals surface area contributed by atoms with Crippen LogP contribution < -0.4 is 22.1 Å². The third kappa shape index (κ3) is 8.63. The molecule has 0 aromatic heterocycles. The van der Waals surface area contributed by atoms with Gasteiger partial charge in [-0.15, -0.1) is 0 Å². The van der Waals surface area contributed by atoms with Gasteiger partial charge >= 0.3 is 5.97 Å². The molecular weight excluding hydrogens is 466 g/mol. The van der Waals surface area contributed by atoms with Gasteiger partial charge in [0.2, 0.25) is 23.6 Å². The number of hydrogen-bond acceptors (Lipinski definition) is 6. The summed E-state index contributed by atoms with van der Waals surface area (Å²) in [5, 5.41) is 14.5. The Morgan fingerprint density at radius 1 is 1.08 bits per heavy atom. The summed E-state index contributed by atoms with van der Waals surface area (Å²) in [6.07, 6.45) is 1.22. The van der Waals surface area contributed by atoms with Crippen LogP contribution in [0, 0.1) is 5.92 Å². The number of carbonyl (C=O) groups excluding carboxylic acids is 4. The molecule has 1 aliphatic heterocycles. The molecule has 0 spiro atoms. The van der Waals surface area contributed by atoms with Crippen LogP contribution in [-0.2, 0) is 30.4 Å². The molecule has 1 aromatic carbocycles. The zero-order chi connectivity index (χ0) is 26.8. The molecule has 0 radical (unpaired) electrons. The quantitative estimate of drug-likeness (QED) is 0.249. The van der Waals surface area contributed by atoms with Crippen LogP contribution in [-0.4, -0.2) is 70.3 Å². The van der Waals surface area contributed by atoms with Gasteiger partial charge in [-0.2, -0.15) is 0 Å². The van der Waals surface area contributed by atoms with Gasteiger partial charge in [0.1, 0.15) is 18.1 Å². The highest BCUT2D eigenvalue weighted by molar-refractivity contribution is 5.94. The molecule has 1 heterocycles. The van der Waals surface area contributed by atoms with Gasteiger partial charge in [0.25, 0.3) is 0 Å². The molecule has 4 unspecified atom stereocenters. The number of likely N-dealkylation sites (tertiary alicyclic amines) is 1. The first-order chi connectivity index (χ1) is 17.0. The first-order valence-electron chi connectivity index (χ1n) is 12.2. The predicted octanol–water partition coefficient (Wildman–Crippen LogP) is -0.0868. The Balaban J connectivity index is 2.09. The number of rotatable bonds is 13. The Morgan fingerprint density at radius 3 is 2.33 bits per heavy atom. The zero-order valence-corrected chi connectivity index (χ0v) is 20.8. The Bertz CT molecular complexity index is 938. The number of primary amides is 1. The summed E-state index contributed by atoms with van der Waals surface area (Å²) in [5.41, 5.74) is 12.3. The number of hydrogen-bond donors (Lipinski definition) is 5. The summed E-state index contributed by atoms with van der Waals surface area (Å²) in [6.45, 7) is 4.00. The van der Waals surface area contributed by atoms with Crippen LogP contribution in [0.3, 0.4) is 0 Å². The van der Waals surface area contributed by atoms with Crippen LogP contribution in [0.15, 0.2) is 30.3 Å². The molecule has 1 aromatic rings. The number of nitrogens with zero attached hydrogens (tertiary/aromatic N) is 1. The summed E-state index contributed by atoms with van der Waals surface area (Å²) >= 11 is 0. The van der Waals surface area contributed by atoms with E-state index >= 15 is 0 Å². The second-order valence-electron chi connectivity index (χ2n) is 9.58. The Labute approximate surface area is 211 Å². The number of nitrogens with one attached hydrogen (secondary N) is 2. The molecular formula is C25H37N5O6. The number of aliphatic carboxylic acids is 1. The maximum Gasteiger partial charge on any atom is 0.326 e. The number of carboxylic acids is 1. The topological polar surface area (TPSA) is 185 Å². The third-order valence-electron chi connectivity index (χ3n) is 6.09. The molecule has 198 valence electrons. The third-order valence-corrected chi connectivity index (χ3v) is 6.09. The molecule has 7 N–H and O–H groups in total. The standard InChI is InChI=1S/C25H37N5O6/c1-15(2)13-19(25(35)36)29-22(32)18(10-11-21(27)31)28-23(33)20-9-6-12-30(20)24(34)17(26)14-16-7-4-3-5-8-16/h3-5,7-8,15,17-20H,6,9-14,26H2,1-2H3,(H2,27,31)(H,28,33)(H,29,32)(H,35,36). The number of carbonyl (C=O) groups is 5. The van der Waals surface area contributed by atoms with Crippen molar-refractivity contribution in [3.63, 3.8) is 0 Å². The van der Waals surface area contributed by atoms with Crippen molar-refractivity contribution in [2.75, 3.05) is 6.54 Å². The average molecular weight is 504 g/mol. The van der Waals surface area contributed by atoms with Gasteiger partial charge in [-0.05, 0) is 43.6 Å². The van der Waals surface area contributed by atoms with Crippen LogP contribution in [0.4, 0.5) is 0 Å². The molecule has 36 heavy (non-hydrogen) atoms. The van der Waals surface area contributed by atoms with Crippen molar-refractivity contribution in [3.05, 3.63) is 35.9 Å². The van der Waals surface area contributed by atoms with Gasteiger partial charge in [0.15, 0.2) is 0 Å². The summed E-state index contributed by atoms with van der Waals surface area (Å²) < 4.78 is 0. The maximum absolute atomic E-state index is 13.1. The normalized spacial score (nSPS) is 17.8. The molecule has 4 amide bonds. The van der Waals surface area contributed by atoms with Gasteiger partial charge < -0.3 is 32.1 Å². The molecule has 0 bridgehead atoms. The molecule has 1 aliphatic rings. The van der Waals surface area contributed by atoms with Crippen molar-refractivity contribution in [1.82, 2.24) is 15.5 Å². The Morgan fingerprint density at radius 2 is 1.75 bits per heavy atom. The maximum atomic E-state index is 13.1. The van der Waals surface area contributed by atoms with Crippen LogP contribution in [0.25, 0.3) is 0 Å². The van der Waals surface area contributed by atoms with Gasteiger partial charge in [-0.25, -0.2) is 4.79 Å². The summed E-state index contributed by atoms with van der Waals surface area (Å²) in [4.78, 5) is 63.4. The van der Waals surface area contributed by atoms with E-state index in [1.807, 2.05) is 44.2 Å². The fourth-order valence-corrected chi connectivity index (χ4v) is 4.26. The van der Waals surface area contributed by atoms with Gasteiger partial charge in [0.05, 0.1) is 6.04 Å². The van der Waals surface area contributed by atoms with Crippen molar-refractivity contribution in [2.45, 2.75) is 76.5 Å². The van der Waals surface area contributed by atoms with Crippen LogP contribution in [0.1, 0.15) is 51.5 Å². The monoisotopic (exact) mass is 503 g/mol. The minimum absolute atomic E-state index is 0.00298. The SMILES string of the molecule is CC(C)CC(NC(=O)C(CCC(N)=O)NC(=O)C1CCCN1C(=O)C(N)Cc1ccccc1)C(=O)O. The molecule has 1 saturated heterocycles. The first kappa shape index (κ1) is 28.8. The van der Waals surface area contributed by atoms with Crippen molar-refractivity contribution in [3.8, 4) is 0 Å². The molecule has 2 rings (SSSR count). The highest BCUT2D eigenvalue weighted by Gasteiger charge is 2.38. The minimum atomic E-state index is -1.20. The largest absolute Gasteiger partial charge is 0.480 e. The smallest absolute Gasteiger partial charge is 0.326 e. The van der Waals surface area contributed by atoms with E-state index in [9.17, 15) is 29.1 Å². The molecule has 11 heteroatoms. The van der Waals surface area contributed by atoms with E-state index in [2.05, 4.69) is 10.6 Å².